The number of hydrogen-bond acceptors (Lipinski definition) is 7. The van der Waals surface area contributed by atoms with E-state index in [-0.39, 0.29) is 40.1 Å². The van der Waals surface area contributed by atoms with Crippen LogP contribution in [0.25, 0.3) is 0 Å². The summed E-state index contributed by atoms with van der Waals surface area (Å²) >= 11 is 1.60. The molecule has 4 N–H and O–H groups in total. The molecule has 10 heteroatoms. The Kier molecular flexibility index (Phi) is 5.87. The van der Waals surface area contributed by atoms with Gasteiger partial charge < -0.3 is 30.6 Å². The molecular weight excluding hydrogens is 396 g/mol. The molecule has 0 bridgehead atoms. The number of nitrogens with zero attached hydrogens (tertiary/aromatic N) is 2. The molecule has 29 heavy (non-hydrogen) atoms. The first-order valence-corrected chi connectivity index (χ1v) is 11.2. The van der Waals surface area contributed by atoms with Gasteiger partial charge in [0.2, 0.25) is 11.8 Å². The number of amides is 2. The summed E-state index contributed by atoms with van der Waals surface area (Å²) < 4.78 is 0. The highest BCUT2D eigenvalue weighted by Gasteiger charge is 2.59. The molecule has 0 aromatic carbocycles. The van der Waals surface area contributed by atoms with Gasteiger partial charge in [0.1, 0.15) is 5.70 Å². The van der Waals surface area contributed by atoms with Crippen molar-refractivity contribution in [2.75, 3.05) is 32.7 Å². The van der Waals surface area contributed by atoms with Crippen LogP contribution in [0.5, 0.6) is 0 Å². The average molecular weight is 425 g/mol. The normalized spacial score (nSPS) is 35.6. The van der Waals surface area contributed by atoms with Gasteiger partial charge in [0.05, 0.1) is 24.1 Å². The summed E-state index contributed by atoms with van der Waals surface area (Å²) in [5.74, 6) is -1.89. The number of nitrogens with one attached hydrogen (secondary N) is 2. The van der Waals surface area contributed by atoms with Crippen LogP contribution in [0.2, 0.25) is 0 Å². The molecular formula is C19H28N4O5S. The molecule has 4 heterocycles. The van der Waals surface area contributed by atoms with Crippen molar-refractivity contribution < 1.29 is 24.6 Å². The van der Waals surface area contributed by atoms with E-state index in [9.17, 15) is 24.6 Å². The molecule has 3 saturated heterocycles. The minimum atomic E-state index is -1.12. The van der Waals surface area contributed by atoms with Gasteiger partial charge in [0.25, 0.3) is 0 Å². The zero-order valence-electron chi connectivity index (χ0n) is 16.4. The number of rotatable bonds is 5. The quantitative estimate of drug-likeness (QED) is 0.408. The summed E-state index contributed by atoms with van der Waals surface area (Å²) in [7, 11) is 0. The molecule has 0 aromatic heterocycles. The van der Waals surface area contributed by atoms with E-state index in [1.165, 1.54) is 4.90 Å². The average Bonchev–Trinajstić information content (AvgIpc) is 3.13. The molecule has 0 aliphatic carbocycles. The molecule has 5 unspecified atom stereocenters. The first-order chi connectivity index (χ1) is 13.9. The second-order valence-corrected chi connectivity index (χ2v) is 9.65. The fourth-order valence-corrected chi connectivity index (χ4v) is 6.39. The molecule has 3 fully saturated rings. The summed E-state index contributed by atoms with van der Waals surface area (Å²) in [6, 6.07) is -0.549. The molecule has 4 aliphatic rings. The Morgan fingerprint density at radius 3 is 2.83 bits per heavy atom. The highest BCUT2D eigenvalue weighted by molar-refractivity contribution is 8.00. The number of β-lactam (4-membered cyclic amide) rings is 1. The van der Waals surface area contributed by atoms with Crippen LogP contribution in [0.15, 0.2) is 11.8 Å². The lowest BCUT2D eigenvalue weighted by molar-refractivity contribution is -0.160. The Morgan fingerprint density at radius 2 is 2.10 bits per heavy atom. The van der Waals surface area contributed by atoms with Crippen LogP contribution in [0.4, 0.5) is 0 Å². The van der Waals surface area contributed by atoms with Crippen molar-refractivity contribution in [3.8, 4) is 0 Å². The highest BCUT2D eigenvalue weighted by atomic mass is 32.2. The molecule has 4 aliphatic heterocycles. The van der Waals surface area contributed by atoms with E-state index in [1.54, 1.807) is 24.8 Å². The number of carboxylic acids is 1. The van der Waals surface area contributed by atoms with Gasteiger partial charge >= 0.3 is 5.97 Å². The number of fused-ring (bicyclic) bond motifs is 1. The third-order valence-electron chi connectivity index (χ3n) is 6.24. The summed E-state index contributed by atoms with van der Waals surface area (Å²) in [5.41, 5.74) is 0.00468. The van der Waals surface area contributed by atoms with Crippen molar-refractivity contribution in [2.24, 2.45) is 5.92 Å². The van der Waals surface area contributed by atoms with Gasteiger partial charge in [0, 0.05) is 36.7 Å². The van der Waals surface area contributed by atoms with E-state index in [2.05, 4.69) is 10.6 Å². The molecule has 0 radical (unpaired) electrons. The fraction of sp³-hybridized carbons (Fsp3) is 0.737. The Morgan fingerprint density at radius 1 is 1.31 bits per heavy atom. The molecule has 160 valence electrons. The number of thioether (sulfide) groups is 1. The topological polar surface area (TPSA) is 122 Å². The zero-order chi connectivity index (χ0) is 20.7. The van der Waals surface area contributed by atoms with Crippen molar-refractivity contribution in [3.63, 3.8) is 0 Å². The SMILES string of the molecule is CC(O)C1C(=O)N2C(C(=O)O)=CC(SC3CNC(C(=O)N4CCCNCC4)C3)[C@H]12. The van der Waals surface area contributed by atoms with Gasteiger partial charge in [-0.2, -0.15) is 0 Å². The molecule has 2 amide bonds. The second kappa shape index (κ2) is 8.25. The van der Waals surface area contributed by atoms with Crippen molar-refractivity contribution in [1.29, 1.82) is 0 Å². The molecule has 0 aromatic rings. The predicted octanol–water partition coefficient (Wildman–Crippen LogP) is -1.17. The predicted molar refractivity (Wildman–Crippen MR) is 107 cm³/mol. The first kappa shape index (κ1) is 20.6. The molecule has 6 atom stereocenters. The van der Waals surface area contributed by atoms with Crippen molar-refractivity contribution in [2.45, 2.75) is 48.5 Å². The molecule has 0 spiro atoms. The Labute approximate surface area is 173 Å². The van der Waals surface area contributed by atoms with Gasteiger partial charge in [-0.15, -0.1) is 11.8 Å². The molecule has 0 saturated carbocycles. The third-order valence-corrected chi connectivity index (χ3v) is 7.71. The van der Waals surface area contributed by atoms with Gasteiger partial charge in [-0.3, -0.25) is 9.59 Å². The van der Waals surface area contributed by atoms with Crippen LogP contribution in [0, 0.1) is 5.92 Å². The van der Waals surface area contributed by atoms with Crippen molar-refractivity contribution in [1.82, 2.24) is 20.4 Å². The van der Waals surface area contributed by atoms with Crippen LogP contribution >= 0.6 is 11.8 Å². The lowest BCUT2D eigenvalue weighted by Gasteiger charge is -2.47. The number of carbonyl (C=O) groups is 3. The number of aliphatic carboxylic acids is 1. The maximum absolute atomic E-state index is 12.8. The standard InChI is InChI=1S/C19H28N4O5S/c1-10(24)15-16-14(8-13(19(27)28)23(16)18(15)26)29-11-7-12(21-9-11)17(25)22-5-2-3-20-4-6-22/h8,10-12,14-16,20-21,24H,2-7,9H2,1H3,(H,27,28)/t10?,11?,12?,14?,15?,16-/m1/s1. The Balaban J connectivity index is 1.39. The largest absolute Gasteiger partial charge is 0.477 e. The summed E-state index contributed by atoms with van der Waals surface area (Å²) in [4.78, 5) is 39.9. The lowest BCUT2D eigenvalue weighted by Crippen LogP contribution is -2.64. The summed E-state index contributed by atoms with van der Waals surface area (Å²) in [5, 5.41) is 26.0. The molecule has 9 nitrogen and oxygen atoms in total. The third kappa shape index (κ3) is 3.78. The van der Waals surface area contributed by atoms with Gasteiger partial charge in [0.15, 0.2) is 0 Å². The highest BCUT2D eigenvalue weighted by Crippen LogP contribution is 2.46. The summed E-state index contributed by atoms with van der Waals surface area (Å²) in [6.07, 6.45) is 2.45. The number of aliphatic hydroxyl groups is 1. The maximum atomic E-state index is 12.8. The number of hydrogen-bond donors (Lipinski definition) is 4. The number of carboxylic acid groups (broad SMARTS) is 1. The van der Waals surface area contributed by atoms with E-state index in [4.69, 9.17) is 0 Å². The van der Waals surface area contributed by atoms with E-state index in [0.717, 1.165) is 32.6 Å². The number of carbonyl (C=O) groups excluding carboxylic acids is 2. The summed E-state index contributed by atoms with van der Waals surface area (Å²) in [6.45, 7) is 5.47. The van der Waals surface area contributed by atoms with E-state index in [1.807, 2.05) is 4.90 Å². The van der Waals surface area contributed by atoms with Crippen LogP contribution in [-0.2, 0) is 14.4 Å². The van der Waals surface area contributed by atoms with Crippen LogP contribution in [0.3, 0.4) is 0 Å². The van der Waals surface area contributed by atoms with E-state index < -0.39 is 18.0 Å². The Hall–Kier alpha value is -1.62. The van der Waals surface area contributed by atoms with Crippen molar-refractivity contribution in [3.05, 3.63) is 11.8 Å². The smallest absolute Gasteiger partial charge is 0.352 e. The minimum absolute atomic E-state index is 0.00468. The second-order valence-electron chi connectivity index (χ2n) is 8.17. The van der Waals surface area contributed by atoms with Crippen LogP contribution in [-0.4, -0.2) is 99.2 Å². The van der Waals surface area contributed by atoms with Crippen LogP contribution in [0.1, 0.15) is 19.8 Å². The zero-order valence-corrected chi connectivity index (χ0v) is 17.2. The minimum Gasteiger partial charge on any atom is -0.477 e. The molecule has 4 rings (SSSR count). The fourth-order valence-electron chi connectivity index (χ4n) is 4.79. The monoisotopic (exact) mass is 424 g/mol. The van der Waals surface area contributed by atoms with E-state index >= 15 is 0 Å². The van der Waals surface area contributed by atoms with Gasteiger partial charge in [-0.1, -0.05) is 0 Å². The number of aliphatic hydroxyl groups excluding tert-OH is 1. The lowest BCUT2D eigenvalue weighted by atomic mass is 9.83. The first-order valence-electron chi connectivity index (χ1n) is 10.2. The Bertz CT molecular complexity index is 721. The van der Waals surface area contributed by atoms with E-state index in [0.29, 0.717) is 13.0 Å². The van der Waals surface area contributed by atoms with Crippen LogP contribution < -0.4 is 10.6 Å². The van der Waals surface area contributed by atoms with Crippen molar-refractivity contribution >= 4 is 29.5 Å². The van der Waals surface area contributed by atoms with Gasteiger partial charge in [-0.25, -0.2) is 4.79 Å². The maximum Gasteiger partial charge on any atom is 0.352 e. The van der Waals surface area contributed by atoms with Gasteiger partial charge in [-0.05, 0) is 32.4 Å².